The molecule has 2 aliphatic carbocycles. The third-order valence-electron chi connectivity index (χ3n) is 7.37. The van der Waals surface area contributed by atoms with Crippen molar-refractivity contribution >= 4 is 5.97 Å². The predicted octanol–water partition coefficient (Wildman–Crippen LogP) is 6.66. The van der Waals surface area contributed by atoms with E-state index in [1.165, 1.54) is 62.5 Å². The number of aliphatic hydroxyl groups excluding tert-OH is 1. The number of hydrogen-bond donors (Lipinski definition) is 1. The van der Waals surface area contributed by atoms with Crippen LogP contribution in [0.15, 0.2) is 36.4 Å². The molecular weight excluding hydrogens is 372 g/mol. The van der Waals surface area contributed by atoms with Crippen molar-refractivity contribution in [3.63, 3.8) is 0 Å². The molecule has 166 valence electrons. The van der Waals surface area contributed by atoms with Crippen LogP contribution in [0.5, 0.6) is 0 Å². The van der Waals surface area contributed by atoms with Crippen LogP contribution in [0.1, 0.15) is 107 Å². The van der Waals surface area contributed by atoms with Crippen molar-refractivity contribution < 1.29 is 14.6 Å². The maximum atomic E-state index is 11.8. The molecule has 1 aromatic rings. The molecule has 2 fully saturated rings. The zero-order valence-electron chi connectivity index (χ0n) is 18.8. The zero-order valence-corrected chi connectivity index (χ0v) is 18.8. The quantitative estimate of drug-likeness (QED) is 0.280. The van der Waals surface area contributed by atoms with E-state index < -0.39 is 5.97 Å². The summed E-state index contributed by atoms with van der Waals surface area (Å²) in [6.07, 6.45) is 14.9. The number of benzene rings is 1. The van der Waals surface area contributed by atoms with Crippen molar-refractivity contribution in [1.82, 2.24) is 0 Å². The summed E-state index contributed by atoms with van der Waals surface area (Å²) in [5.41, 5.74) is 3.09. The smallest absolute Gasteiger partial charge is 0.336 e. The highest BCUT2D eigenvalue weighted by Gasteiger charge is 2.26. The van der Waals surface area contributed by atoms with Crippen LogP contribution in [-0.4, -0.2) is 23.8 Å². The molecule has 3 nitrogen and oxygen atoms in total. The van der Waals surface area contributed by atoms with E-state index in [-0.39, 0.29) is 18.3 Å². The maximum absolute atomic E-state index is 11.8. The summed E-state index contributed by atoms with van der Waals surface area (Å²) in [7, 11) is 0. The third kappa shape index (κ3) is 6.44. The fraction of sp³-hybridized carbons (Fsp3) is 0.667. The van der Waals surface area contributed by atoms with Crippen LogP contribution >= 0.6 is 0 Å². The topological polar surface area (TPSA) is 46.5 Å². The average molecular weight is 413 g/mol. The van der Waals surface area contributed by atoms with E-state index in [0.717, 1.165) is 37.5 Å². The minimum Gasteiger partial charge on any atom is -0.459 e. The summed E-state index contributed by atoms with van der Waals surface area (Å²) in [5, 5.41) is 9.00. The summed E-state index contributed by atoms with van der Waals surface area (Å²) in [6.45, 7) is 5.50. The third-order valence-corrected chi connectivity index (χ3v) is 7.37. The van der Waals surface area contributed by atoms with Gasteiger partial charge in [0, 0.05) is 0 Å². The lowest BCUT2D eigenvalue weighted by Crippen LogP contribution is -2.25. The number of hydrogen-bond acceptors (Lipinski definition) is 3. The summed E-state index contributed by atoms with van der Waals surface area (Å²) < 4.78 is 5.47. The Bertz CT molecular complexity index is 662. The van der Waals surface area contributed by atoms with Gasteiger partial charge in [0.25, 0.3) is 0 Å². The normalized spacial score (nSPS) is 26.9. The van der Waals surface area contributed by atoms with Crippen LogP contribution in [0.25, 0.3) is 0 Å². The molecule has 2 saturated carbocycles. The number of ether oxygens (including phenoxy) is 1. The Labute approximate surface area is 182 Å². The van der Waals surface area contributed by atoms with Gasteiger partial charge in [-0.05, 0) is 80.2 Å². The molecule has 0 saturated heterocycles. The molecule has 0 aromatic heterocycles. The molecule has 0 bridgehead atoms. The first-order chi connectivity index (χ1) is 14.6. The molecule has 0 amide bonds. The van der Waals surface area contributed by atoms with Crippen LogP contribution in [0, 0.1) is 5.92 Å². The van der Waals surface area contributed by atoms with Gasteiger partial charge in [-0.15, -0.1) is 0 Å². The van der Waals surface area contributed by atoms with Crippen molar-refractivity contribution in [2.45, 2.75) is 102 Å². The highest BCUT2D eigenvalue weighted by Crippen LogP contribution is 2.39. The Morgan fingerprint density at radius 1 is 0.933 bits per heavy atom. The van der Waals surface area contributed by atoms with Gasteiger partial charge in [-0.25, -0.2) is 4.79 Å². The highest BCUT2D eigenvalue weighted by atomic mass is 16.5. The van der Waals surface area contributed by atoms with Gasteiger partial charge in [0.2, 0.25) is 0 Å². The predicted molar refractivity (Wildman–Crippen MR) is 123 cm³/mol. The van der Waals surface area contributed by atoms with Crippen LogP contribution in [0.3, 0.4) is 0 Å². The molecule has 1 N–H and O–H groups in total. The monoisotopic (exact) mass is 412 g/mol. The standard InChI is InChI=1S/C27H40O3/c1-3-4-5-6-21-7-9-22(10-8-21)23-11-13-24(14-12-23)25-15-17-26(18-16-25)30-27(29)20(2)19-28/h11-14,21-22,25-26,28H,2-10,15-19H2,1H3. The maximum Gasteiger partial charge on any atom is 0.336 e. The average Bonchev–Trinajstić information content (AvgIpc) is 2.80. The van der Waals surface area contributed by atoms with Crippen molar-refractivity contribution in [3.05, 3.63) is 47.5 Å². The first kappa shape index (κ1) is 23.1. The van der Waals surface area contributed by atoms with Gasteiger partial charge < -0.3 is 9.84 Å². The Balaban J connectivity index is 1.43. The van der Waals surface area contributed by atoms with Crippen LogP contribution in [0.2, 0.25) is 0 Å². The van der Waals surface area contributed by atoms with Crippen LogP contribution in [0.4, 0.5) is 0 Å². The van der Waals surface area contributed by atoms with Gasteiger partial charge in [-0.1, -0.05) is 63.5 Å². The van der Waals surface area contributed by atoms with E-state index >= 15 is 0 Å². The molecule has 0 unspecified atom stereocenters. The minimum absolute atomic E-state index is 0.0381. The number of aliphatic hydroxyl groups is 1. The van der Waals surface area contributed by atoms with E-state index in [9.17, 15) is 4.79 Å². The summed E-state index contributed by atoms with van der Waals surface area (Å²) >= 11 is 0. The lowest BCUT2D eigenvalue weighted by molar-refractivity contribution is -0.146. The highest BCUT2D eigenvalue weighted by molar-refractivity contribution is 5.88. The van der Waals surface area contributed by atoms with Gasteiger partial charge in [0.05, 0.1) is 12.2 Å². The van der Waals surface area contributed by atoms with Crippen LogP contribution in [-0.2, 0) is 9.53 Å². The second-order valence-corrected chi connectivity index (χ2v) is 9.52. The fourth-order valence-corrected chi connectivity index (χ4v) is 5.32. The van der Waals surface area contributed by atoms with Crippen molar-refractivity contribution in [3.8, 4) is 0 Å². The molecular formula is C27H40O3. The molecule has 2 aliphatic rings. The van der Waals surface area contributed by atoms with Crippen LogP contribution < -0.4 is 0 Å². The van der Waals surface area contributed by atoms with Crippen molar-refractivity contribution in [2.75, 3.05) is 6.61 Å². The molecule has 0 atom stereocenters. The summed E-state index contributed by atoms with van der Waals surface area (Å²) in [5.74, 6) is 1.82. The van der Waals surface area contributed by atoms with E-state index in [0.29, 0.717) is 5.92 Å². The Kier molecular flexibility index (Phi) is 8.99. The second-order valence-electron chi connectivity index (χ2n) is 9.52. The van der Waals surface area contributed by atoms with E-state index in [1.54, 1.807) is 0 Å². The molecule has 1 aromatic carbocycles. The Morgan fingerprint density at radius 3 is 1.97 bits per heavy atom. The Morgan fingerprint density at radius 2 is 1.47 bits per heavy atom. The molecule has 0 heterocycles. The molecule has 0 radical (unpaired) electrons. The number of carbonyl (C=O) groups is 1. The van der Waals surface area contributed by atoms with Crippen molar-refractivity contribution in [1.29, 1.82) is 0 Å². The first-order valence-corrected chi connectivity index (χ1v) is 12.2. The second kappa shape index (κ2) is 11.7. The fourth-order valence-electron chi connectivity index (χ4n) is 5.32. The molecule has 0 spiro atoms. The SMILES string of the molecule is C=C(CO)C(=O)OC1CCC(c2ccc(C3CCC(CCCCC)CC3)cc2)CC1. The molecule has 30 heavy (non-hydrogen) atoms. The number of esters is 1. The summed E-state index contributed by atoms with van der Waals surface area (Å²) in [6, 6.07) is 9.42. The van der Waals surface area contributed by atoms with E-state index in [1.807, 2.05) is 0 Å². The summed E-state index contributed by atoms with van der Waals surface area (Å²) in [4.78, 5) is 11.8. The lowest BCUT2D eigenvalue weighted by atomic mass is 9.76. The van der Waals surface area contributed by atoms with Gasteiger partial charge in [0.15, 0.2) is 0 Å². The van der Waals surface area contributed by atoms with Gasteiger partial charge in [-0.2, -0.15) is 0 Å². The van der Waals surface area contributed by atoms with E-state index in [2.05, 4.69) is 37.8 Å². The lowest BCUT2D eigenvalue weighted by Gasteiger charge is -2.30. The first-order valence-electron chi connectivity index (χ1n) is 12.2. The largest absolute Gasteiger partial charge is 0.459 e. The number of rotatable bonds is 9. The Hall–Kier alpha value is -1.61. The minimum atomic E-state index is -0.453. The zero-order chi connectivity index (χ0) is 21.3. The van der Waals surface area contributed by atoms with Crippen molar-refractivity contribution in [2.24, 2.45) is 5.92 Å². The van der Waals surface area contributed by atoms with Gasteiger partial charge in [-0.3, -0.25) is 0 Å². The molecule has 3 heteroatoms. The number of carbonyl (C=O) groups excluding carboxylic acids is 1. The van der Waals surface area contributed by atoms with Gasteiger partial charge >= 0.3 is 5.97 Å². The molecule has 3 rings (SSSR count). The van der Waals surface area contributed by atoms with Gasteiger partial charge in [0.1, 0.15) is 6.10 Å². The molecule has 0 aliphatic heterocycles. The number of unbranched alkanes of at least 4 members (excludes halogenated alkanes) is 2. The van der Waals surface area contributed by atoms with E-state index in [4.69, 9.17) is 9.84 Å².